The van der Waals surface area contributed by atoms with Crippen molar-refractivity contribution in [2.24, 2.45) is 17.6 Å². The summed E-state index contributed by atoms with van der Waals surface area (Å²) in [5.41, 5.74) is 7.20. The third-order valence-corrected chi connectivity index (χ3v) is 5.92. The predicted octanol–water partition coefficient (Wildman–Crippen LogP) is 3.67. The van der Waals surface area contributed by atoms with Crippen LogP contribution in [0.4, 0.5) is 0 Å². The number of rotatable bonds is 5. The van der Waals surface area contributed by atoms with E-state index in [9.17, 15) is 4.79 Å². The Morgan fingerprint density at radius 1 is 1.22 bits per heavy atom. The number of nitrogens with one attached hydrogen (secondary N) is 1. The molecule has 1 aromatic rings. The number of amides is 1. The van der Waals surface area contributed by atoms with Gasteiger partial charge in [0.15, 0.2) is 0 Å². The minimum atomic E-state index is 0. The molecule has 3 N–H and O–H groups in total. The van der Waals surface area contributed by atoms with Crippen LogP contribution in [0, 0.1) is 11.8 Å². The van der Waals surface area contributed by atoms with E-state index in [1.165, 1.54) is 12.0 Å². The van der Waals surface area contributed by atoms with Gasteiger partial charge < -0.3 is 11.1 Å². The van der Waals surface area contributed by atoms with Crippen molar-refractivity contribution in [3.63, 3.8) is 0 Å². The molecule has 0 aliphatic heterocycles. The molecule has 0 saturated heterocycles. The van der Waals surface area contributed by atoms with E-state index in [0.717, 1.165) is 43.7 Å². The molecule has 1 aromatic carbocycles. The maximum Gasteiger partial charge on any atom is 0.223 e. The summed E-state index contributed by atoms with van der Waals surface area (Å²) in [5, 5.41) is 3.98. The van der Waals surface area contributed by atoms with Crippen LogP contribution in [0.1, 0.15) is 44.1 Å². The van der Waals surface area contributed by atoms with E-state index in [1.54, 1.807) is 0 Å². The molecule has 0 bridgehead atoms. The zero-order chi connectivity index (χ0) is 15.6. The van der Waals surface area contributed by atoms with Crippen molar-refractivity contribution in [1.82, 2.24) is 5.32 Å². The Balaban J connectivity index is 0.00000192. The Kier molecular flexibility index (Phi) is 6.35. The van der Waals surface area contributed by atoms with E-state index in [4.69, 9.17) is 17.3 Å². The van der Waals surface area contributed by atoms with Crippen molar-refractivity contribution in [2.45, 2.75) is 43.9 Å². The van der Waals surface area contributed by atoms with Crippen LogP contribution in [-0.4, -0.2) is 19.0 Å². The van der Waals surface area contributed by atoms with Crippen LogP contribution < -0.4 is 11.1 Å². The lowest BCUT2D eigenvalue weighted by atomic mass is 9.64. The van der Waals surface area contributed by atoms with Gasteiger partial charge in [0.1, 0.15) is 0 Å². The maximum atomic E-state index is 12.5. The standard InChI is InChI=1S/C18H25ClN2O.ClH/c19-15-7-5-14(6-8-15)18(9-2-10-18)12-21-17(22)16-4-1-3-13(16)11-20;/h5-8,13,16H,1-4,9-12,20H2,(H,21,22);1H/t13-,16-;/m1./s1. The minimum Gasteiger partial charge on any atom is -0.355 e. The van der Waals surface area contributed by atoms with Gasteiger partial charge in [-0.15, -0.1) is 12.4 Å². The van der Waals surface area contributed by atoms with Gasteiger partial charge >= 0.3 is 0 Å². The minimum absolute atomic E-state index is 0. The van der Waals surface area contributed by atoms with E-state index < -0.39 is 0 Å². The highest BCUT2D eigenvalue weighted by Gasteiger charge is 2.40. The molecule has 3 nitrogen and oxygen atoms in total. The fourth-order valence-electron chi connectivity index (χ4n) is 4.03. The molecule has 2 saturated carbocycles. The molecule has 0 radical (unpaired) electrons. The van der Waals surface area contributed by atoms with Gasteiger partial charge in [0.2, 0.25) is 5.91 Å². The van der Waals surface area contributed by atoms with Gasteiger partial charge in [-0.3, -0.25) is 4.79 Å². The van der Waals surface area contributed by atoms with E-state index >= 15 is 0 Å². The zero-order valence-corrected chi connectivity index (χ0v) is 15.0. The molecule has 1 amide bonds. The Hall–Kier alpha value is -0.770. The van der Waals surface area contributed by atoms with Crippen molar-refractivity contribution >= 4 is 29.9 Å². The Morgan fingerprint density at radius 2 is 1.91 bits per heavy atom. The molecule has 2 atom stereocenters. The van der Waals surface area contributed by atoms with Gasteiger partial charge in [-0.25, -0.2) is 0 Å². The summed E-state index contributed by atoms with van der Waals surface area (Å²) in [6, 6.07) is 8.10. The zero-order valence-electron chi connectivity index (χ0n) is 13.4. The van der Waals surface area contributed by atoms with Gasteiger partial charge in [-0.05, 0) is 55.8 Å². The van der Waals surface area contributed by atoms with Gasteiger partial charge in [-0.2, -0.15) is 0 Å². The van der Waals surface area contributed by atoms with E-state index in [2.05, 4.69) is 17.4 Å². The number of carbonyl (C=O) groups is 1. The molecule has 128 valence electrons. The smallest absolute Gasteiger partial charge is 0.223 e. The molecule has 2 aliphatic rings. The SMILES string of the molecule is Cl.NC[C@H]1CCC[C@H]1C(=O)NCC1(c2ccc(Cl)cc2)CCC1. The van der Waals surface area contributed by atoms with Crippen molar-refractivity contribution in [3.05, 3.63) is 34.9 Å². The maximum absolute atomic E-state index is 12.5. The van der Waals surface area contributed by atoms with E-state index in [-0.39, 0.29) is 29.6 Å². The van der Waals surface area contributed by atoms with Crippen LogP contribution in [0.5, 0.6) is 0 Å². The van der Waals surface area contributed by atoms with Crippen LogP contribution in [0.15, 0.2) is 24.3 Å². The van der Waals surface area contributed by atoms with Gasteiger partial charge in [-0.1, -0.05) is 36.6 Å². The second-order valence-electron chi connectivity index (χ2n) is 6.89. The van der Waals surface area contributed by atoms with Crippen molar-refractivity contribution in [3.8, 4) is 0 Å². The molecule has 5 heteroatoms. The van der Waals surface area contributed by atoms with E-state index in [1.807, 2.05) is 12.1 Å². The summed E-state index contributed by atoms with van der Waals surface area (Å²) in [6.45, 7) is 1.36. The largest absolute Gasteiger partial charge is 0.355 e. The number of halogens is 2. The quantitative estimate of drug-likeness (QED) is 0.845. The van der Waals surface area contributed by atoms with Crippen LogP contribution in [0.3, 0.4) is 0 Å². The fraction of sp³-hybridized carbons (Fsp3) is 0.611. The molecule has 0 unspecified atom stereocenters. The number of nitrogens with two attached hydrogens (primary N) is 1. The lowest BCUT2D eigenvalue weighted by Gasteiger charge is -2.43. The van der Waals surface area contributed by atoms with Gasteiger partial charge in [0.05, 0.1) is 0 Å². The van der Waals surface area contributed by atoms with Gasteiger partial charge in [0, 0.05) is 22.9 Å². The van der Waals surface area contributed by atoms with Crippen LogP contribution in [0.25, 0.3) is 0 Å². The molecular formula is C18H26Cl2N2O. The van der Waals surface area contributed by atoms with Crippen LogP contribution in [0.2, 0.25) is 5.02 Å². The van der Waals surface area contributed by atoms with Crippen molar-refractivity contribution < 1.29 is 4.79 Å². The second kappa shape index (κ2) is 7.87. The Labute approximate surface area is 149 Å². The number of hydrogen-bond donors (Lipinski definition) is 2. The Morgan fingerprint density at radius 3 is 2.48 bits per heavy atom. The van der Waals surface area contributed by atoms with Gasteiger partial charge in [0.25, 0.3) is 0 Å². The number of benzene rings is 1. The van der Waals surface area contributed by atoms with E-state index in [0.29, 0.717) is 12.5 Å². The molecule has 2 fully saturated rings. The number of carbonyl (C=O) groups excluding carboxylic acids is 1. The van der Waals surface area contributed by atoms with Crippen molar-refractivity contribution in [1.29, 1.82) is 0 Å². The third-order valence-electron chi connectivity index (χ3n) is 5.67. The highest BCUT2D eigenvalue weighted by molar-refractivity contribution is 6.30. The first-order chi connectivity index (χ1) is 10.6. The summed E-state index contributed by atoms with van der Waals surface area (Å²) >= 11 is 5.99. The average Bonchev–Trinajstić information content (AvgIpc) is 2.96. The monoisotopic (exact) mass is 356 g/mol. The molecule has 0 heterocycles. The summed E-state index contributed by atoms with van der Waals surface area (Å²) in [5.74, 6) is 0.688. The first-order valence-corrected chi connectivity index (χ1v) is 8.76. The molecule has 3 rings (SSSR count). The summed E-state index contributed by atoms with van der Waals surface area (Å²) in [4.78, 5) is 12.5. The molecule has 0 aromatic heterocycles. The van der Waals surface area contributed by atoms with Crippen molar-refractivity contribution in [2.75, 3.05) is 13.1 Å². The third kappa shape index (κ3) is 3.84. The lowest BCUT2D eigenvalue weighted by molar-refractivity contribution is -0.126. The van der Waals surface area contributed by atoms with Crippen LogP contribution in [-0.2, 0) is 10.2 Å². The fourth-order valence-corrected chi connectivity index (χ4v) is 4.15. The first-order valence-electron chi connectivity index (χ1n) is 8.38. The highest BCUT2D eigenvalue weighted by atomic mass is 35.5. The summed E-state index contributed by atoms with van der Waals surface area (Å²) < 4.78 is 0. The Bertz CT molecular complexity index is 528. The average molecular weight is 357 g/mol. The van der Waals surface area contributed by atoms with Crippen LogP contribution >= 0.6 is 24.0 Å². The summed E-state index contributed by atoms with van der Waals surface area (Å²) in [7, 11) is 0. The second-order valence-corrected chi connectivity index (χ2v) is 7.33. The first kappa shape index (κ1) is 18.6. The highest BCUT2D eigenvalue weighted by Crippen LogP contribution is 2.43. The summed E-state index contributed by atoms with van der Waals surface area (Å²) in [6.07, 6.45) is 6.72. The molecule has 2 aliphatic carbocycles. The normalized spacial score (nSPS) is 25.3. The lowest BCUT2D eigenvalue weighted by Crippen LogP contribution is -2.47. The molecule has 23 heavy (non-hydrogen) atoms. The number of hydrogen-bond acceptors (Lipinski definition) is 2. The molecular weight excluding hydrogens is 331 g/mol. The molecule has 0 spiro atoms. The predicted molar refractivity (Wildman–Crippen MR) is 97.1 cm³/mol. The topological polar surface area (TPSA) is 55.1 Å².